The standard InChI is InChI=1S/C14H19BrN2O3/c1-3-14(2)9-11(6-7-20-14)16-12-5-4-10(15)8-13(12)17(18)19/h4-5,8,11,16H,3,6-7,9H2,1-2H3. The number of ether oxygens (including phenoxy) is 1. The normalized spacial score (nSPS) is 26.2. The average molecular weight is 343 g/mol. The van der Waals surface area contributed by atoms with Gasteiger partial charge in [-0.1, -0.05) is 22.9 Å². The van der Waals surface area contributed by atoms with Crippen molar-refractivity contribution < 1.29 is 9.66 Å². The molecule has 1 fully saturated rings. The van der Waals surface area contributed by atoms with Gasteiger partial charge in [0.25, 0.3) is 5.69 Å². The lowest BCUT2D eigenvalue weighted by Gasteiger charge is -2.38. The summed E-state index contributed by atoms with van der Waals surface area (Å²) in [5.74, 6) is 0. The highest BCUT2D eigenvalue weighted by Gasteiger charge is 2.32. The predicted molar refractivity (Wildman–Crippen MR) is 82.1 cm³/mol. The summed E-state index contributed by atoms with van der Waals surface area (Å²) in [6.07, 6.45) is 2.66. The molecule has 20 heavy (non-hydrogen) atoms. The lowest BCUT2D eigenvalue weighted by Crippen LogP contribution is -2.41. The Morgan fingerprint density at radius 1 is 1.60 bits per heavy atom. The van der Waals surface area contributed by atoms with Gasteiger partial charge < -0.3 is 10.1 Å². The second-order valence-electron chi connectivity index (χ2n) is 5.40. The third-order valence-electron chi connectivity index (χ3n) is 3.86. The first kappa shape index (κ1) is 15.3. The van der Waals surface area contributed by atoms with Gasteiger partial charge in [-0.3, -0.25) is 10.1 Å². The molecule has 1 heterocycles. The molecule has 0 bridgehead atoms. The summed E-state index contributed by atoms with van der Waals surface area (Å²) in [4.78, 5) is 10.8. The van der Waals surface area contributed by atoms with Crippen LogP contribution in [0.3, 0.4) is 0 Å². The molecule has 2 atom stereocenters. The highest BCUT2D eigenvalue weighted by molar-refractivity contribution is 9.10. The Kier molecular flexibility index (Phi) is 4.65. The lowest BCUT2D eigenvalue weighted by molar-refractivity contribution is -0.384. The topological polar surface area (TPSA) is 64.4 Å². The molecule has 5 nitrogen and oxygen atoms in total. The van der Waals surface area contributed by atoms with Gasteiger partial charge in [0.1, 0.15) is 5.69 Å². The summed E-state index contributed by atoms with van der Waals surface area (Å²) >= 11 is 3.27. The number of rotatable bonds is 4. The number of halogens is 1. The smallest absolute Gasteiger partial charge is 0.293 e. The molecule has 2 rings (SSSR count). The molecule has 0 aliphatic carbocycles. The summed E-state index contributed by atoms with van der Waals surface area (Å²) < 4.78 is 6.51. The van der Waals surface area contributed by atoms with E-state index in [0.717, 1.165) is 19.3 Å². The van der Waals surface area contributed by atoms with Gasteiger partial charge in [0.2, 0.25) is 0 Å². The molecule has 6 heteroatoms. The number of hydrogen-bond acceptors (Lipinski definition) is 4. The van der Waals surface area contributed by atoms with E-state index in [-0.39, 0.29) is 22.3 Å². The molecule has 1 saturated heterocycles. The molecule has 1 N–H and O–H groups in total. The van der Waals surface area contributed by atoms with E-state index in [2.05, 4.69) is 35.1 Å². The van der Waals surface area contributed by atoms with E-state index < -0.39 is 0 Å². The van der Waals surface area contributed by atoms with Crippen molar-refractivity contribution in [2.45, 2.75) is 44.8 Å². The lowest BCUT2D eigenvalue weighted by atomic mass is 9.90. The Labute approximate surface area is 127 Å². The van der Waals surface area contributed by atoms with Crippen LogP contribution < -0.4 is 5.32 Å². The molecule has 1 aliphatic rings. The maximum Gasteiger partial charge on any atom is 0.293 e. The Hall–Kier alpha value is -1.14. The van der Waals surface area contributed by atoms with Gasteiger partial charge >= 0.3 is 0 Å². The minimum absolute atomic E-state index is 0.101. The van der Waals surface area contributed by atoms with Crippen molar-refractivity contribution in [2.24, 2.45) is 0 Å². The van der Waals surface area contributed by atoms with Crippen LogP contribution in [-0.2, 0) is 4.74 Å². The monoisotopic (exact) mass is 342 g/mol. The molecular formula is C14H19BrN2O3. The van der Waals surface area contributed by atoms with Gasteiger partial charge in [0.05, 0.1) is 10.5 Å². The summed E-state index contributed by atoms with van der Waals surface area (Å²) in [6.45, 7) is 4.88. The van der Waals surface area contributed by atoms with E-state index in [9.17, 15) is 10.1 Å². The van der Waals surface area contributed by atoms with E-state index in [0.29, 0.717) is 16.8 Å². The van der Waals surface area contributed by atoms with Crippen LogP contribution in [-0.4, -0.2) is 23.2 Å². The van der Waals surface area contributed by atoms with Crippen molar-refractivity contribution in [1.29, 1.82) is 0 Å². The minimum Gasteiger partial charge on any atom is -0.377 e. The number of nitro groups is 1. The first-order valence-electron chi connectivity index (χ1n) is 6.78. The molecular weight excluding hydrogens is 324 g/mol. The number of hydrogen-bond donors (Lipinski definition) is 1. The third-order valence-corrected chi connectivity index (χ3v) is 4.35. The minimum atomic E-state index is -0.356. The fraction of sp³-hybridized carbons (Fsp3) is 0.571. The van der Waals surface area contributed by atoms with Crippen LogP contribution in [0.4, 0.5) is 11.4 Å². The van der Waals surface area contributed by atoms with Crippen molar-refractivity contribution >= 4 is 27.3 Å². The molecule has 0 radical (unpaired) electrons. The molecule has 1 aromatic carbocycles. The Bertz CT molecular complexity index is 509. The van der Waals surface area contributed by atoms with Crippen LogP contribution in [0.2, 0.25) is 0 Å². The van der Waals surface area contributed by atoms with Crippen LogP contribution in [0, 0.1) is 10.1 Å². The number of nitrogens with zero attached hydrogens (tertiary/aromatic N) is 1. The second-order valence-corrected chi connectivity index (χ2v) is 6.32. The van der Waals surface area contributed by atoms with Crippen molar-refractivity contribution in [3.8, 4) is 0 Å². The van der Waals surface area contributed by atoms with Gasteiger partial charge in [-0.15, -0.1) is 0 Å². The Morgan fingerprint density at radius 3 is 3.00 bits per heavy atom. The van der Waals surface area contributed by atoms with Crippen molar-refractivity contribution in [3.63, 3.8) is 0 Å². The van der Waals surface area contributed by atoms with Gasteiger partial charge in [0, 0.05) is 23.2 Å². The summed E-state index contributed by atoms with van der Waals surface area (Å²) in [5, 5.41) is 14.4. The van der Waals surface area contributed by atoms with E-state index in [4.69, 9.17) is 4.74 Å². The fourth-order valence-electron chi connectivity index (χ4n) is 2.50. The zero-order valence-electron chi connectivity index (χ0n) is 11.7. The first-order chi connectivity index (χ1) is 9.43. The zero-order valence-corrected chi connectivity index (χ0v) is 13.3. The van der Waals surface area contributed by atoms with E-state index in [1.54, 1.807) is 6.07 Å². The number of anilines is 1. The maximum absolute atomic E-state index is 11.1. The van der Waals surface area contributed by atoms with E-state index in [1.165, 1.54) is 6.07 Å². The summed E-state index contributed by atoms with van der Waals surface area (Å²) in [6, 6.07) is 5.29. The molecule has 0 aromatic heterocycles. The first-order valence-corrected chi connectivity index (χ1v) is 7.57. The van der Waals surface area contributed by atoms with Crippen molar-refractivity contribution in [3.05, 3.63) is 32.8 Å². The highest BCUT2D eigenvalue weighted by Crippen LogP contribution is 2.33. The number of nitrogens with one attached hydrogen (secondary N) is 1. The van der Waals surface area contributed by atoms with Gasteiger partial charge in [-0.05, 0) is 38.3 Å². The quantitative estimate of drug-likeness (QED) is 0.660. The second kappa shape index (κ2) is 6.10. The van der Waals surface area contributed by atoms with Crippen LogP contribution >= 0.6 is 15.9 Å². The van der Waals surface area contributed by atoms with Crippen molar-refractivity contribution in [2.75, 3.05) is 11.9 Å². The SMILES string of the molecule is CCC1(C)CC(Nc2ccc(Br)cc2[N+](=O)[O-])CCO1. The fourth-order valence-corrected chi connectivity index (χ4v) is 2.85. The number of benzene rings is 1. The third kappa shape index (κ3) is 3.49. The zero-order chi connectivity index (χ0) is 14.8. The van der Waals surface area contributed by atoms with Gasteiger partial charge in [-0.2, -0.15) is 0 Å². The maximum atomic E-state index is 11.1. The molecule has 2 unspecified atom stereocenters. The van der Waals surface area contributed by atoms with Crippen molar-refractivity contribution in [1.82, 2.24) is 0 Å². The van der Waals surface area contributed by atoms with Crippen LogP contribution in [0.15, 0.2) is 22.7 Å². The van der Waals surface area contributed by atoms with E-state index in [1.807, 2.05) is 6.07 Å². The molecule has 110 valence electrons. The summed E-state index contributed by atoms with van der Waals surface area (Å²) in [5.41, 5.74) is 0.535. The molecule has 0 amide bonds. The van der Waals surface area contributed by atoms with Crippen LogP contribution in [0.25, 0.3) is 0 Å². The predicted octanol–water partition coefficient (Wildman–Crippen LogP) is 4.12. The van der Waals surface area contributed by atoms with Gasteiger partial charge in [-0.25, -0.2) is 0 Å². The molecule has 1 aliphatic heterocycles. The summed E-state index contributed by atoms with van der Waals surface area (Å²) in [7, 11) is 0. The Balaban J connectivity index is 2.16. The van der Waals surface area contributed by atoms with Gasteiger partial charge in [0.15, 0.2) is 0 Å². The molecule has 1 aromatic rings. The average Bonchev–Trinajstić information content (AvgIpc) is 2.41. The number of nitro benzene ring substituents is 1. The molecule has 0 saturated carbocycles. The Morgan fingerprint density at radius 2 is 2.35 bits per heavy atom. The van der Waals surface area contributed by atoms with E-state index >= 15 is 0 Å². The molecule has 0 spiro atoms. The van der Waals surface area contributed by atoms with Crippen LogP contribution in [0.5, 0.6) is 0 Å². The largest absolute Gasteiger partial charge is 0.377 e. The van der Waals surface area contributed by atoms with Crippen LogP contribution in [0.1, 0.15) is 33.1 Å². The highest BCUT2D eigenvalue weighted by atomic mass is 79.9.